The van der Waals surface area contributed by atoms with Crippen LogP contribution in [0.3, 0.4) is 0 Å². The van der Waals surface area contributed by atoms with Gasteiger partial charge in [0.15, 0.2) is 0 Å². The average molecular weight is 308 g/mol. The fraction of sp³-hybridized carbons (Fsp3) is 0.0909. The highest BCUT2D eigenvalue weighted by atomic mass is 32.2. The quantitative estimate of drug-likeness (QED) is 0.709. The van der Waals surface area contributed by atoms with Gasteiger partial charge in [0.05, 0.1) is 11.9 Å². The van der Waals surface area contributed by atoms with E-state index >= 15 is 0 Å². The van der Waals surface area contributed by atoms with Crippen molar-refractivity contribution in [1.82, 2.24) is 24.6 Å². The Morgan fingerprint density at radius 1 is 1.14 bits per heavy atom. The Hall–Kier alpha value is -2.62. The van der Waals surface area contributed by atoms with E-state index in [0.717, 1.165) is 27.5 Å². The van der Waals surface area contributed by atoms with E-state index in [4.69, 9.17) is 0 Å². The number of sulfonamides is 1. The van der Waals surface area contributed by atoms with Gasteiger partial charge in [-0.25, -0.2) is 17.1 Å². The van der Waals surface area contributed by atoms with Crippen LogP contribution in [0.4, 0.5) is 16.0 Å². The number of benzene rings is 1. The van der Waals surface area contributed by atoms with Crippen LogP contribution in [0, 0.1) is 5.82 Å². The number of halogens is 1. The Morgan fingerprint density at radius 2 is 1.86 bits per heavy atom. The molecule has 108 valence electrons. The predicted octanol–water partition coefficient (Wildman–Crippen LogP) is 0.756. The van der Waals surface area contributed by atoms with E-state index in [1.165, 1.54) is 24.5 Å². The summed E-state index contributed by atoms with van der Waals surface area (Å²) < 4.78 is 40.0. The smallest absolute Gasteiger partial charge is 0.206 e. The monoisotopic (exact) mass is 308 g/mol. The minimum Gasteiger partial charge on any atom is -0.206 e. The molecule has 0 saturated heterocycles. The summed E-state index contributed by atoms with van der Waals surface area (Å²) in [5.41, 5.74) is -0.157. The predicted molar refractivity (Wildman–Crippen MR) is 72.0 cm³/mol. The zero-order valence-electron chi connectivity index (χ0n) is 10.8. The number of nitrogens with zero attached hydrogens (tertiary/aromatic N) is 6. The van der Waals surface area contributed by atoms with Gasteiger partial charge >= 0.3 is 0 Å². The molecule has 0 aliphatic heterocycles. The molecular formula is C11H9FN6O2S. The number of anilines is 2. The van der Waals surface area contributed by atoms with E-state index in [1.54, 1.807) is 0 Å². The number of hydrogen-bond donors (Lipinski definition) is 0. The fourth-order valence-corrected chi connectivity index (χ4v) is 2.77. The Morgan fingerprint density at radius 3 is 2.57 bits per heavy atom. The van der Waals surface area contributed by atoms with Crippen molar-refractivity contribution in [2.75, 3.05) is 10.6 Å². The van der Waals surface area contributed by atoms with E-state index in [1.807, 2.05) is 0 Å². The van der Waals surface area contributed by atoms with Crippen molar-refractivity contribution < 1.29 is 12.8 Å². The first-order valence-electron chi connectivity index (χ1n) is 5.74. The molecule has 1 aromatic carbocycles. The average Bonchev–Trinajstić information content (AvgIpc) is 2.89. The number of hydrogen-bond acceptors (Lipinski definition) is 6. The van der Waals surface area contributed by atoms with Crippen LogP contribution in [0.2, 0.25) is 0 Å². The zero-order chi connectivity index (χ0) is 15.0. The summed E-state index contributed by atoms with van der Waals surface area (Å²) in [4.78, 5) is 11.6. The summed E-state index contributed by atoms with van der Waals surface area (Å²) >= 11 is 0. The lowest BCUT2D eigenvalue weighted by Gasteiger charge is -2.21. The lowest BCUT2D eigenvalue weighted by molar-refractivity contribution is 0.595. The van der Waals surface area contributed by atoms with E-state index in [2.05, 4.69) is 20.1 Å². The van der Waals surface area contributed by atoms with Crippen LogP contribution in [0.15, 0.2) is 36.9 Å². The van der Waals surface area contributed by atoms with Crippen LogP contribution in [0.1, 0.15) is 0 Å². The van der Waals surface area contributed by atoms with Gasteiger partial charge in [-0.3, -0.25) is 0 Å². The molecule has 2 aromatic heterocycles. The van der Waals surface area contributed by atoms with Gasteiger partial charge in [-0.15, -0.1) is 0 Å². The second-order valence-electron chi connectivity index (χ2n) is 4.12. The summed E-state index contributed by atoms with van der Waals surface area (Å²) in [6.45, 7) is 0. The summed E-state index contributed by atoms with van der Waals surface area (Å²) in [7, 11) is -3.85. The summed E-state index contributed by atoms with van der Waals surface area (Å²) in [5, 5.41) is 3.86. The molecule has 0 N–H and O–H groups in total. The van der Waals surface area contributed by atoms with Gasteiger partial charge in [0.25, 0.3) is 5.78 Å². The van der Waals surface area contributed by atoms with E-state index in [0.29, 0.717) is 0 Å². The third-order valence-electron chi connectivity index (χ3n) is 2.65. The highest BCUT2D eigenvalue weighted by molar-refractivity contribution is 7.92. The molecule has 0 radical (unpaired) electrons. The molecular weight excluding hydrogens is 299 g/mol. The van der Waals surface area contributed by atoms with E-state index in [9.17, 15) is 12.8 Å². The number of para-hydroxylation sites is 1. The van der Waals surface area contributed by atoms with E-state index < -0.39 is 15.8 Å². The van der Waals surface area contributed by atoms with Crippen molar-refractivity contribution in [3.8, 4) is 0 Å². The molecule has 0 unspecified atom stereocenters. The SMILES string of the molecule is CS(=O)(=O)N(c1ccccc1F)c1ncnc2ncnn12. The number of aromatic nitrogens is 5. The van der Waals surface area contributed by atoms with Gasteiger partial charge in [-0.1, -0.05) is 12.1 Å². The van der Waals surface area contributed by atoms with Gasteiger partial charge in [-0.05, 0) is 12.1 Å². The molecule has 8 nitrogen and oxygen atoms in total. The second kappa shape index (κ2) is 4.74. The van der Waals surface area contributed by atoms with Crippen molar-refractivity contribution >= 4 is 27.4 Å². The van der Waals surface area contributed by atoms with Crippen LogP contribution in [-0.4, -0.2) is 39.2 Å². The lowest BCUT2D eigenvalue weighted by Crippen LogP contribution is -2.28. The molecule has 0 saturated carbocycles. The van der Waals surface area contributed by atoms with Crippen LogP contribution in [0.25, 0.3) is 5.78 Å². The van der Waals surface area contributed by atoms with Crippen molar-refractivity contribution in [3.05, 3.63) is 42.7 Å². The standard InChI is InChI=1S/C11H9FN6O2S/c1-21(19,20)18(9-5-3-2-4-8(9)12)11-15-6-13-10-14-7-16-17(10)11/h2-7H,1H3. The summed E-state index contributed by atoms with van der Waals surface area (Å²) in [5.74, 6) is -0.662. The Kier molecular flexibility index (Phi) is 3.01. The van der Waals surface area contributed by atoms with Gasteiger partial charge < -0.3 is 0 Å². The Labute approximate surface area is 119 Å². The zero-order valence-corrected chi connectivity index (χ0v) is 11.6. The molecule has 0 amide bonds. The number of rotatable bonds is 3. The van der Waals surface area contributed by atoms with Crippen LogP contribution in [-0.2, 0) is 10.0 Å². The molecule has 2 heterocycles. The molecule has 3 rings (SSSR count). The first-order valence-corrected chi connectivity index (χ1v) is 7.59. The third-order valence-corrected chi connectivity index (χ3v) is 3.67. The Balaban J connectivity index is 2.32. The normalized spacial score (nSPS) is 11.7. The van der Waals surface area contributed by atoms with E-state index in [-0.39, 0.29) is 17.4 Å². The lowest BCUT2D eigenvalue weighted by atomic mass is 10.3. The van der Waals surface area contributed by atoms with Crippen LogP contribution < -0.4 is 4.31 Å². The Bertz CT molecular complexity index is 910. The largest absolute Gasteiger partial charge is 0.256 e. The first kappa shape index (κ1) is 13.4. The molecule has 0 aliphatic carbocycles. The molecule has 21 heavy (non-hydrogen) atoms. The van der Waals surface area contributed by atoms with Gasteiger partial charge in [0.2, 0.25) is 16.0 Å². The third kappa shape index (κ3) is 2.29. The summed E-state index contributed by atoms with van der Waals surface area (Å²) in [6, 6.07) is 5.48. The first-order chi connectivity index (χ1) is 9.98. The highest BCUT2D eigenvalue weighted by Gasteiger charge is 2.26. The van der Waals surface area contributed by atoms with Gasteiger partial charge in [0.1, 0.15) is 18.5 Å². The van der Waals surface area contributed by atoms with Crippen molar-refractivity contribution in [2.45, 2.75) is 0 Å². The topological polar surface area (TPSA) is 93.4 Å². The van der Waals surface area contributed by atoms with Crippen LogP contribution >= 0.6 is 0 Å². The fourth-order valence-electron chi connectivity index (χ4n) is 1.84. The molecule has 0 atom stereocenters. The molecule has 0 aliphatic rings. The van der Waals surface area contributed by atoms with Crippen LogP contribution in [0.5, 0.6) is 0 Å². The molecule has 10 heteroatoms. The highest BCUT2D eigenvalue weighted by Crippen LogP contribution is 2.28. The molecule has 3 aromatic rings. The minimum atomic E-state index is -3.85. The van der Waals surface area contributed by atoms with Crippen molar-refractivity contribution in [2.24, 2.45) is 0 Å². The molecule has 0 spiro atoms. The maximum atomic E-state index is 14.0. The maximum Gasteiger partial charge on any atom is 0.256 e. The second-order valence-corrected chi connectivity index (χ2v) is 5.96. The number of fused-ring (bicyclic) bond motifs is 1. The van der Waals surface area contributed by atoms with Crippen molar-refractivity contribution in [3.63, 3.8) is 0 Å². The minimum absolute atomic E-state index is 0.120. The molecule has 0 bridgehead atoms. The van der Waals surface area contributed by atoms with Crippen molar-refractivity contribution in [1.29, 1.82) is 0 Å². The maximum absolute atomic E-state index is 14.0. The van der Waals surface area contributed by atoms with Gasteiger partial charge in [-0.2, -0.15) is 24.6 Å². The summed E-state index contributed by atoms with van der Waals surface area (Å²) in [6.07, 6.45) is 3.29. The molecule has 0 fully saturated rings. The van der Waals surface area contributed by atoms with Gasteiger partial charge in [0, 0.05) is 0 Å².